The van der Waals surface area contributed by atoms with E-state index in [-0.39, 0.29) is 6.54 Å². The number of nitrogens with zero attached hydrogens (tertiary/aromatic N) is 1. The lowest BCUT2D eigenvalue weighted by molar-refractivity contribution is -0.138. The summed E-state index contributed by atoms with van der Waals surface area (Å²) >= 11 is 0. The van der Waals surface area contributed by atoms with Crippen LogP contribution in [0.5, 0.6) is 0 Å². The first-order valence-electron chi connectivity index (χ1n) is 4.19. The number of carboxylic acid groups (broad SMARTS) is 1. The van der Waals surface area contributed by atoms with E-state index < -0.39 is 12.6 Å². The van der Waals surface area contributed by atoms with Gasteiger partial charge in [0.15, 0.2) is 0 Å². The molecule has 0 heterocycles. The van der Waals surface area contributed by atoms with Gasteiger partial charge in [-0.2, -0.15) is 0 Å². The Morgan fingerprint density at radius 1 is 1.54 bits per heavy atom. The van der Waals surface area contributed by atoms with Crippen molar-refractivity contribution >= 4 is 5.97 Å². The minimum Gasteiger partial charge on any atom is -0.480 e. The standard InChI is InChI=1S/C8H16FNO3/c1-13-6-5-10(4-2-3-9)7-8(11)12/h2-7H2,1H3,(H,11,12). The molecule has 0 aliphatic rings. The zero-order valence-electron chi connectivity index (χ0n) is 7.83. The number of alkyl halides is 1. The average Bonchev–Trinajstić information content (AvgIpc) is 2.09. The highest BCUT2D eigenvalue weighted by Gasteiger charge is 2.08. The minimum atomic E-state index is -0.894. The first-order valence-corrected chi connectivity index (χ1v) is 4.19. The number of carboxylic acids is 1. The largest absolute Gasteiger partial charge is 0.480 e. The zero-order chi connectivity index (χ0) is 10.1. The third-order valence-electron chi connectivity index (χ3n) is 1.58. The topological polar surface area (TPSA) is 49.8 Å². The van der Waals surface area contributed by atoms with E-state index in [4.69, 9.17) is 9.84 Å². The van der Waals surface area contributed by atoms with Crippen LogP contribution in [0, 0.1) is 0 Å². The summed E-state index contributed by atoms with van der Waals surface area (Å²) in [5.41, 5.74) is 0. The van der Waals surface area contributed by atoms with Crippen molar-refractivity contribution in [3.63, 3.8) is 0 Å². The summed E-state index contributed by atoms with van der Waals surface area (Å²) in [5.74, 6) is -0.894. The number of hydrogen-bond acceptors (Lipinski definition) is 3. The third-order valence-corrected chi connectivity index (χ3v) is 1.58. The van der Waals surface area contributed by atoms with Crippen molar-refractivity contribution < 1.29 is 19.0 Å². The number of hydrogen-bond donors (Lipinski definition) is 1. The highest BCUT2D eigenvalue weighted by molar-refractivity contribution is 5.69. The highest BCUT2D eigenvalue weighted by Crippen LogP contribution is 1.92. The molecule has 0 aromatic carbocycles. The van der Waals surface area contributed by atoms with Gasteiger partial charge in [0.1, 0.15) is 0 Å². The van der Waals surface area contributed by atoms with Crippen LogP contribution in [0.3, 0.4) is 0 Å². The number of rotatable bonds is 8. The Kier molecular flexibility index (Phi) is 7.53. The first-order chi connectivity index (χ1) is 6.20. The van der Waals surface area contributed by atoms with E-state index in [2.05, 4.69) is 0 Å². The fourth-order valence-corrected chi connectivity index (χ4v) is 0.965. The lowest BCUT2D eigenvalue weighted by Crippen LogP contribution is -2.33. The van der Waals surface area contributed by atoms with E-state index in [1.165, 1.54) is 0 Å². The van der Waals surface area contributed by atoms with Crippen LogP contribution in [0.1, 0.15) is 6.42 Å². The molecule has 0 unspecified atom stereocenters. The number of halogens is 1. The van der Waals surface area contributed by atoms with Crippen molar-refractivity contribution in [1.82, 2.24) is 4.90 Å². The fourth-order valence-electron chi connectivity index (χ4n) is 0.965. The molecule has 0 saturated carbocycles. The van der Waals surface area contributed by atoms with Gasteiger partial charge >= 0.3 is 5.97 Å². The predicted molar refractivity (Wildman–Crippen MR) is 46.5 cm³/mol. The summed E-state index contributed by atoms with van der Waals surface area (Å²) in [5, 5.41) is 8.51. The monoisotopic (exact) mass is 193 g/mol. The molecule has 0 rings (SSSR count). The predicted octanol–water partition coefficient (Wildman–Crippen LogP) is 0.379. The molecular weight excluding hydrogens is 177 g/mol. The Hall–Kier alpha value is -0.680. The quantitative estimate of drug-likeness (QED) is 0.605. The van der Waals surface area contributed by atoms with E-state index >= 15 is 0 Å². The van der Waals surface area contributed by atoms with Crippen LogP contribution in [0.15, 0.2) is 0 Å². The molecule has 4 nitrogen and oxygen atoms in total. The molecule has 1 N–H and O–H groups in total. The van der Waals surface area contributed by atoms with Crippen molar-refractivity contribution in [3.8, 4) is 0 Å². The molecular formula is C8H16FNO3. The van der Waals surface area contributed by atoms with Gasteiger partial charge in [0.25, 0.3) is 0 Å². The second kappa shape index (κ2) is 7.94. The zero-order valence-corrected chi connectivity index (χ0v) is 7.83. The van der Waals surface area contributed by atoms with E-state index in [1.54, 1.807) is 12.0 Å². The van der Waals surface area contributed by atoms with Crippen LogP contribution in [-0.4, -0.2) is 56.0 Å². The van der Waals surface area contributed by atoms with Gasteiger partial charge in [-0.15, -0.1) is 0 Å². The first kappa shape index (κ1) is 12.3. The molecule has 13 heavy (non-hydrogen) atoms. The number of aliphatic carboxylic acids is 1. The van der Waals surface area contributed by atoms with Crippen LogP contribution < -0.4 is 0 Å². The van der Waals surface area contributed by atoms with E-state index in [0.717, 1.165) is 0 Å². The Bertz CT molecular complexity index is 135. The summed E-state index contributed by atoms with van der Waals surface area (Å²) in [6.45, 7) is 1.00. The van der Waals surface area contributed by atoms with Crippen LogP contribution in [0.25, 0.3) is 0 Å². The number of carbonyl (C=O) groups is 1. The molecule has 0 radical (unpaired) electrons. The average molecular weight is 193 g/mol. The molecule has 0 aliphatic heterocycles. The molecule has 5 heteroatoms. The maximum Gasteiger partial charge on any atom is 0.317 e. The van der Waals surface area contributed by atoms with Crippen LogP contribution >= 0.6 is 0 Å². The highest BCUT2D eigenvalue weighted by atomic mass is 19.1. The summed E-state index contributed by atoms with van der Waals surface area (Å²) in [7, 11) is 1.55. The molecule has 0 fully saturated rings. The van der Waals surface area contributed by atoms with Crippen molar-refractivity contribution in [2.24, 2.45) is 0 Å². The van der Waals surface area contributed by atoms with E-state index in [0.29, 0.717) is 26.1 Å². The van der Waals surface area contributed by atoms with Crippen molar-refractivity contribution in [2.75, 3.05) is 40.0 Å². The van der Waals surface area contributed by atoms with Crippen LogP contribution in [-0.2, 0) is 9.53 Å². The van der Waals surface area contributed by atoms with Crippen molar-refractivity contribution in [1.29, 1.82) is 0 Å². The number of methoxy groups -OCH3 is 1. The Balaban J connectivity index is 3.66. The van der Waals surface area contributed by atoms with Crippen molar-refractivity contribution in [2.45, 2.75) is 6.42 Å². The third kappa shape index (κ3) is 7.67. The van der Waals surface area contributed by atoms with E-state index in [9.17, 15) is 9.18 Å². The molecule has 0 aliphatic carbocycles. The maximum atomic E-state index is 11.8. The summed E-state index contributed by atoms with van der Waals surface area (Å²) in [6, 6.07) is 0. The normalized spacial score (nSPS) is 10.7. The van der Waals surface area contributed by atoms with Gasteiger partial charge in [-0.3, -0.25) is 14.1 Å². The van der Waals surface area contributed by atoms with E-state index in [1.807, 2.05) is 0 Å². The van der Waals surface area contributed by atoms with Gasteiger partial charge in [-0.1, -0.05) is 0 Å². The van der Waals surface area contributed by atoms with Gasteiger partial charge in [-0.05, 0) is 6.42 Å². The Labute approximate surface area is 77.3 Å². The Morgan fingerprint density at radius 2 is 2.23 bits per heavy atom. The van der Waals surface area contributed by atoms with Gasteiger partial charge in [-0.25, -0.2) is 0 Å². The van der Waals surface area contributed by atoms with Gasteiger partial charge in [0.05, 0.1) is 19.8 Å². The molecule has 0 atom stereocenters. The van der Waals surface area contributed by atoms with Gasteiger partial charge in [0.2, 0.25) is 0 Å². The molecule has 0 spiro atoms. The van der Waals surface area contributed by atoms with Gasteiger partial charge < -0.3 is 9.84 Å². The summed E-state index contributed by atoms with van der Waals surface area (Å²) < 4.78 is 16.6. The minimum absolute atomic E-state index is 0.0522. The van der Waals surface area contributed by atoms with Crippen LogP contribution in [0.4, 0.5) is 4.39 Å². The molecule has 0 aromatic heterocycles. The molecule has 0 bridgehead atoms. The summed E-state index contributed by atoms with van der Waals surface area (Å²) in [6.07, 6.45) is 0.372. The fraction of sp³-hybridized carbons (Fsp3) is 0.875. The SMILES string of the molecule is COCCN(CCCF)CC(=O)O. The lowest BCUT2D eigenvalue weighted by Gasteiger charge is -2.18. The molecule has 0 saturated heterocycles. The Morgan fingerprint density at radius 3 is 2.69 bits per heavy atom. The summed E-state index contributed by atoms with van der Waals surface area (Å²) in [4.78, 5) is 12.0. The lowest BCUT2D eigenvalue weighted by atomic mass is 10.4. The molecule has 78 valence electrons. The van der Waals surface area contributed by atoms with Crippen LogP contribution in [0.2, 0.25) is 0 Å². The van der Waals surface area contributed by atoms with Crippen molar-refractivity contribution in [3.05, 3.63) is 0 Å². The smallest absolute Gasteiger partial charge is 0.317 e. The second-order valence-corrected chi connectivity index (χ2v) is 2.71. The maximum absolute atomic E-state index is 11.8. The molecule has 0 aromatic rings. The van der Waals surface area contributed by atoms with Gasteiger partial charge in [0, 0.05) is 20.2 Å². The second-order valence-electron chi connectivity index (χ2n) is 2.71. The number of ether oxygens (including phenoxy) is 1. The molecule has 0 amide bonds.